The maximum absolute atomic E-state index is 13.6. The average molecular weight is 275 g/mol. The topological polar surface area (TPSA) is 53.1 Å². The molecule has 2 aromatic rings. The van der Waals surface area contributed by atoms with Crippen molar-refractivity contribution in [3.63, 3.8) is 0 Å². The third kappa shape index (κ3) is 2.93. The van der Waals surface area contributed by atoms with Crippen LogP contribution in [0.5, 0.6) is 0 Å². The smallest absolute Gasteiger partial charge is 0.131 e. The number of halogens is 2. The van der Waals surface area contributed by atoms with E-state index in [-0.39, 0.29) is 17.9 Å². The van der Waals surface area contributed by atoms with E-state index in [1.807, 2.05) is 0 Å². The Morgan fingerprint density at radius 3 is 2.35 bits per heavy atom. The van der Waals surface area contributed by atoms with Gasteiger partial charge in [-0.2, -0.15) is 0 Å². The van der Waals surface area contributed by atoms with Crippen LogP contribution in [0.4, 0.5) is 14.5 Å². The Hall–Kier alpha value is -2.43. The van der Waals surface area contributed by atoms with Crippen LogP contribution in [0.3, 0.4) is 0 Å². The van der Waals surface area contributed by atoms with Gasteiger partial charge >= 0.3 is 0 Å². The summed E-state index contributed by atoms with van der Waals surface area (Å²) in [5.41, 5.74) is 6.75. The molecular formula is C15H15F2N3. The van der Waals surface area contributed by atoms with Crippen molar-refractivity contribution >= 4 is 11.5 Å². The van der Waals surface area contributed by atoms with E-state index in [1.54, 1.807) is 36.2 Å². The second-order valence-electron chi connectivity index (χ2n) is 4.52. The Kier molecular flexibility index (Phi) is 3.98. The minimum Gasteiger partial charge on any atom is -0.384 e. The molecule has 20 heavy (non-hydrogen) atoms. The monoisotopic (exact) mass is 275 g/mol. The highest BCUT2D eigenvalue weighted by Crippen LogP contribution is 2.20. The Morgan fingerprint density at radius 1 is 1.15 bits per heavy atom. The number of nitrogens with two attached hydrogens (primary N) is 1. The van der Waals surface area contributed by atoms with Gasteiger partial charge < -0.3 is 10.6 Å². The Morgan fingerprint density at radius 2 is 1.75 bits per heavy atom. The molecular weight excluding hydrogens is 260 g/mol. The normalized spacial score (nSPS) is 10.3. The van der Waals surface area contributed by atoms with Crippen LogP contribution in [0.15, 0.2) is 42.5 Å². The fourth-order valence-electron chi connectivity index (χ4n) is 1.92. The molecule has 0 saturated heterocycles. The largest absolute Gasteiger partial charge is 0.384 e. The number of anilines is 1. The number of nitrogens with zero attached hydrogens (tertiary/aromatic N) is 1. The van der Waals surface area contributed by atoms with E-state index in [1.165, 1.54) is 18.2 Å². The summed E-state index contributed by atoms with van der Waals surface area (Å²) >= 11 is 0. The molecule has 0 atom stereocenters. The van der Waals surface area contributed by atoms with Crippen LogP contribution in [0.25, 0.3) is 0 Å². The van der Waals surface area contributed by atoms with E-state index < -0.39 is 11.6 Å². The summed E-state index contributed by atoms with van der Waals surface area (Å²) in [6, 6.07) is 10.8. The van der Waals surface area contributed by atoms with E-state index in [0.29, 0.717) is 5.56 Å². The summed E-state index contributed by atoms with van der Waals surface area (Å²) < 4.78 is 27.2. The van der Waals surface area contributed by atoms with E-state index in [2.05, 4.69) is 0 Å². The lowest BCUT2D eigenvalue weighted by atomic mass is 10.1. The van der Waals surface area contributed by atoms with Crippen molar-refractivity contribution in [1.29, 1.82) is 5.41 Å². The minimum absolute atomic E-state index is 0.0169. The first-order valence-electron chi connectivity index (χ1n) is 6.07. The molecule has 5 heteroatoms. The summed E-state index contributed by atoms with van der Waals surface area (Å²) in [6.07, 6.45) is 0. The first-order valence-corrected chi connectivity index (χ1v) is 6.07. The van der Waals surface area contributed by atoms with Gasteiger partial charge in [0.1, 0.15) is 17.5 Å². The Bertz CT molecular complexity index is 621. The number of hydrogen-bond donors (Lipinski definition) is 2. The van der Waals surface area contributed by atoms with Gasteiger partial charge in [0.2, 0.25) is 0 Å². The predicted octanol–water partition coefficient (Wildman–Crippen LogP) is 2.89. The number of nitrogens with one attached hydrogen (secondary N) is 1. The third-order valence-corrected chi connectivity index (χ3v) is 3.05. The number of nitrogen functional groups attached to an aromatic ring is 1. The van der Waals surface area contributed by atoms with Crippen LogP contribution < -0.4 is 10.6 Å². The van der Waals surface area contributed by atoms with Gasteiger partial charge in [-0.15, -0.1) is 0 Å². The maximum Gasteiger partial charge on any atom is 0.131 e. The molecule has 0 aromatic heterocycles. The van der Waals surface area contributed by atoms with Crippen molar-refractivity contribution in [2.45, 2.75) is 6.54 Å². The molecule has 0 aliphatic carbocycles. The number of benzene rings is 2. The number of rotatable bonds is 4. The second kappa shape index (κ2) is 5.69. The molecule has 0 heterocycles. The lowest BCUT2D eigenvalue weighted by Gasteiger charge is -2.20. The molecule has 3 nitrogen and oxygen atoms in total. The lowest BCUT2D eigenvalue weighted by Crippen LogP contribution is -2.19. The standard InChI is InChI=1S/C15H15F2N3/c1-20(9-12-13(16)6-3-7-14(12)17)11-5-2-4-10(8-11)15(18)19/h2-8H,9H2,1H3,(H3,18,19). The molecule has 0 saturated carbocycles. The zero-order valence-corrected chi connectivity index (χ0v) is 11.0. The fourth-order valence-corrected chi connectivity index (χ4v) is 1.92. The van der Waals surface area contributed by atoms with Gasteiger partial charge in [-0.1, -0.05) is 18.2 Å². The molecule has 0 aliphatic heterocycles. The molecule has 0 bridgehead atoms. The molecule has 0 fully saturated rings. The first-order chi connectivity index (χ1) is 9.49. The van der Waals surface area contributed by atoms with Crippen molar-refractivity contribution in [3.8, 4) is 0 Å². The van der Waals surface area contributed by atoms with Gasteiger partial charge in [-0.3, -0.25) is 5.41 Å². The fraction of sp³-hybridized carbons (Fsp3) is 0.133. The van der Waals surface area contributed by atoms with E-state index in [9.17, 15) is 8.78 Å². The molecule has 0 unspecified atom stereocenters. The van der Waals surface area contributed by atoms with Gasteiger partial charge in [0, 0.05) is 30.4 Å². The summed E-state index contributed by atoms with van der Waals surface area (Å²) in [6.45, 7) is 0.0971. The molecule has 104 valence electrons. The van der Waals surface area contributed by atoms with Gasteiger partial charge in [0.05, 0.1) is 0 Å². The molecule has 0 amide bonds. The zero-order valence-electron chi connectivity index (χ0n) is 11.0. The molecule has 2 rings (SSSR count). The van der Waals surface area contributed by atoms with Crippen LogP contribution in [0, 0.1) is 17.0 Å². The number of amidine groups is 1. The van der Waals surface area contributed by atoms with Crippen molar-refractivity contribution in [2.24, 2.45) is 5.73 Å². The Balaban J connectivity index is 2.26. The second-order valence-corrected chi connectivity index (χ2v) is 4.52. The quantitative estimate of drug-likeness (QED) is 0.666. The first kappa shape index (κ1) is 14.0. The molecule has 0 spiro atoms. The summed E-state index contributed by atoms with van der Waals surface area (Å²) in [5.74, 6) is -1.18. The van der Waals surface area contributed by atoms with Crippen molar-refractivity contribution < 1.29 is 8.78 Å². The summed E-state index contributed by atoms with van der Waals surface area (Å²) in [4.78, 5) is 1.70. The van der Waals surface area contributed by atoms with E-state index >= 15 is 0 Å². The van der Waals surface area contributed by atoms with E-state index in [4.69, 9.17) is 11.1 Å². The van der Waals surface area contributed by atoms with Crippen molar-refractivity contribution in [3.05, 3.63) is 65.2 Å². The van der Waals surface area contributed by atoms with Crippen LogP contribution >= 0.6 is 0 Å². The van der Waals surface area contributed by atoms with Crippen LogP contribution in [0.1, 0.15) is 11.1 Å². The van der Waals surface area contributed by atoms with Gasteiger partial charge in [-0.05, 0) is 24.3 Å². The maximum atomic E-state index is 13.6. The third-order valence-electron chi connectivity index (χ3n) is 3.05. The highest BCUT2D eigenvalue weighted by molar-refractivity contribution is 5.95. The molecule has 3 N–H and O–H groups in total. The minimum atomic E-state index is -0.570. The van der Waals surface area contributed by atoms with E-state index in [0.717, 1.165) is 5.69 Å². The highest BCUT2D eigenvalue weighted by atomic mass is 19.1. The van der Waals surface area contributed by atoms with Gasteiger partial charge in [0.15, 0.2) is 0 Å². The average Bonchev–Trinajstić information content (AvgIpc) is 2.43. The molecule has 0 aliphatic rings. The summed E-state index contributed by atoms with van der Waals surface area (Å²) in [7, 11) is 1.73. The molecule has 2 aromatic carbocycles. The van der Waals surface area contributed by atoms with Crippen LogP contribution in [-0.4, -0.2) is 12.9 Å². The zero-order chi connectivity index (χ0) is 14.7. The SMILES string of the molecule is CN(Cc1c(F)cccc1F)c1cccc(C(=N)N)c1. The highest BCUT2D eigenvalue weighted by Gasteiger charge is 2.12. The van der Waals surface area contributed by atoms with Gasteiger partial charge in [0.25, 0.3) is 0 Å². The predicted molar refractivity (Wildman–Crippen MR) is 75.9 cm³/mol. The summed E-state index contributed by atoms with van der Waals surface area (Å²) in [5, 5.41) is 7.40. The van der Waals surface area contributed by atoms with Crippen molar-refractivity contribution in [1.82, 2.24) is 0 Å². The molecule has 0 radical (unpaired) electrons. The lowest BCUT2D eigenvalue weighted by molar-refractivity contribution is 0.554. The van der Waals surface area contributed by atoms with Gasteiger partial charge in [-0.25, -0.2) is 8.78 Å². The van der Waals surface area contributed by atoms with Crippen LogP contribution in [0.2, 0.25) is 0 Å². The van der Waals surface area contributed by atoms with Crippen LogP contribution in [-0.2, 0) is 6.54 Å². The Labute approximate surface area is 116 Å². The number of hydrogen-bond acceptors (Lipinski definition) is 2. The van der Waals surface area contributed by atoms with Crippen molar-refractivity contribution in [2.75, 3.05) is 11.9 Å².